The fraction of sp³-hybridized carbons (Fsp3) is 0.147. The lowest BCUT2D eigenvalue weighted by Crippen LogP contribution is -2.30. The minimum Gasteiger partial charge on any atom is -0.495 e. The summed E-state index contributed by atoms with van der Waals surface area (Å²) in [5, 5.41) is 8.72. The Morgan fingerprint density at radius 3 is 2.36 bits per heavy atom. The topological polar surface area (TPSA) is 96.5 Å². The lowest BCUT2D eigenvalue weighted by molar-refractivity contribution is -0.116. The molecule has 7 nitrogen and oxygen atoms in total. The molecule has 1 atom stereocenters. The molecule has 0 radical (unpaired) electrons. The highest BCUT2D eigenvalue weighted by atomic mass is 79.9. The van der Waals surface area contributed by atoms with E-state index in [1.54, 1.807) is 60.7 Å². The summed E-state index contributed by atoms with van der Waals surface area (Å²) in [5.74, 6) is -0.604. The van der Waals surface area contributed by atoms with Crippen LogP contribution in [0.1, 0.15) is 34.8 Å². The molecule has 0 saturated carbocycles. The minimum absolute atomic E-state index is 0.0808. The van der Waals surface area contributed by atoms with Crippen LogP contribution in [0.3, 0.4) is 0 Å². The van der Waals surface area contributed by atoms with Gasteiger partial charge >= 0.3 is 0 Å². The molecule has 0 aliphatic heterocycles. The maximum absolute atomic E-state index is 13.5. The van der Waals surface area contributed by atoms with Crippen LogP contribution in [0.5, 0.6) is 5.75 Å². The van der Waals surface area contributed by atoms with Crippen molar-refractivity contribution in [1.82, 2.24) is 5.32 Å². The quantitative estimate of drug-likeness (QED) is 0.109. The van der Waals surface area contributed by atoms with Gasteiger partial charge in [0.1, 0.15) is 11.4 Å². The molecule has 44 heavy (non-hydrogen) atoms. The molecule has 3 amide bonds. The summed E-state index contributed by atoms with van der Waals surface area (Å²) in [7, 11) is 1.52. The average molecular weight is 693 g/mol. The monoisotopic (exact) mass is 691 g/mol. The molecule has 0 aromatic heterocycles. The van der Waals surface area contributed by atoms with Gasteiger partial charge in [0, 0.05) is 31.7 Å². The number of thioether (sulfide) groups is 1. The van der Waals surface area contributed by atoms with Gasteiger partial charge in [-0.15, -0.1) is 11.8 Å². The second-order valence-electron chi connectivity index (χ2n) is 9.72. The first kappa shape index (κ1) is 32.9. The molecule has 1 unspecified atom stereocenters. The first-order chi connectivity index (χ1) is 21.2. The molecule has 4 aromatic rings. The van der Waals surface area contributed by atoms with Gasteiger partial charge in [0.15, 0.2) is 0 Å². The van der Waals surface area contributed by atoms with Gasteiger partial charge in [-0.05, 0) is 79.1 Å². The molecule has 0 bridgehead atoms. The first-order valence-electron chi connectivity index (χ1n) is 13.7. The number of halogens is 2. The van der Waals surface area contributed by atoms with Gasteiger partial charge in [0.25, 0.3) is 11.8 Å². The summed E-state index contributed by atoms with van der Waals surface area (Å²) >= 11 is 11.0. The summed E-state index contributed by atoms with van der Waals surface area (Å²) < 4.78 is 6.29. The van der Waals surface area contributed by atoms with E-state index in [-0.39, 0.29) is 11.6 Å². The third kappa shape index (κ3) is 8.98. The first-order valence-corrected chi connectivity index (χ1v) is 15.8. The highest BCUT2D eigenvalue weighted by molar-refractivity contribution is 9.10. The number of rotatable bonds is 11. The van der Waals surface area contributed by atoms with Gasteiger partial charge in [-0.25, -0.2) is 0 Å². The molecule has 0 spiro atoms. The van der Waals surface area contributed by atoms with E-state index in [1.807, 2.05) is 50.2 Å². The summed E-state index contributed by atoms with van der Waals surface area (Å²) in [4.78, 5) is 40.4. The predicted molar refractivity (Wildman–Crippen MR) is 182 cm³/mol. The standard InChI is InChI=1S/C34H31BrClN3O4S/c1-4-31(34(42)38-28-17-21(2)27(36)20-30(28)43-3)44-26-12-8-11-25(19-26)37-33(41)29(18-22-13-15-24(35)16-14-22)39-32(40)23-9-6-5-7-10-23/h5-20,31H,4H2,1-3H3,(H,37,41)(H,38,42)(H,39,40)/b29-18-. The van der Waals surface area contributed by atoms with E-state index in [2.05, 4.69) is 31.9 Å². The maximum Gasteiger partial charge on any atom is 0.272 e. The van der Waals surface area contributed by atoms with Crippen LogP contribution in [-0.4, -0.2) is 30.1 Å². The van der Waals surface area contributed by atoms with Crippen LogP contribution in [-0.2, 0) is 9.59 Å². The predicted octanol–water partition coefficient (Wildman–Crippen LogP) is 8.34. The van der Waals surface area contributed by atoms with E-state index in [0.717, 1.165) is 20.5 Å². The Morgan fingerprint density at radius 1 is 0.955 bits per heavy atom. The van der Waals surface area contributed by atoms with E-state index in [0.29, 0.717) is 34.1 Å². The summed E-state index contributed by atoms with van der Waals surface area (Å²) in [6.07, 6.45) is 2.18. The molecule has 4 aromatic carbocycles. The van der Waals surface area contributed by atoms with Gasteiger partial charge in [-0.3, -0.25) is 14.4 Å². The molecule has 10 heteroatoms. The maximum atomic E-state index is 13.5. The summed E-state index contributed by atoms with van der Waals surface area (Å²) in [6.45, 7) is 3.79. The zero-order chi connectivity index (χ0) is 31.6. The van der Waals surface area contributed by atoms with Gasteiger partial charge in [0.05, 0.1) is 18.0 Å². The number of hydrogen-bond acceptors (Lipinski definition) is 5. The Hall–Kier alpha value is -4.05. The Kier molecular flexibility index (Phi) is 11.7. The van der Waals surface area contributed by atoms with Crippen LogP contribution in [0.15, 0.2) is 106 Å². The van der Waals surface area contributed by atoms with Crippen molar-refractivity contribution in [2.75, 3.05) is 17.7 Å². The molecule has 0 aliphatic carbocycles. The largest absolute Gasteiger partial charge is 0.495 e. The molecule has 3 N–H and O–H groups in total. The molecule has 0 fully saturated rings. The van der Waals surface area contributed by atoms with Gasteiger partial charge in [-0.1, -0.05) is 70.9 Å². The van der Waals surface area contributed by atoms with Crippen molar-refractivity contribution < 1.29 is 19.1 Å². The van der Waals surface area contributed by atoms with Gasteiger partial charge < -0.3 is 20.7 Å². The van der Waals surface area contributed by atoms with Crippen molar-refractivity contribution >= 4 is 74.5 Å². The third-order valence-corrected chi connectivity index (χ3v) is 8.78. The number of ether oxygens (including phenoxy) is 1. The summed E-state index contributed by atoms with van der Waals surface area (Å²) in [6, 6.07) is 26.7. The molecule has 0 aliphatic rings. The SMILES string of the molecule is CCC(Sc1cccc(NC(=O)/C(=C/c2ccc(Br)cc2)NC(=O)c2ccccc2)c1)C(=O)Nc1cc(C)c(Cl)cc1OC. The second-order valence-corrected chi connectivity index (χ2v) is 12.3. The second kappa shape index (κ2) is 15.6. The fourth-order valence-electron chi connectivity index (χ4n) is 4.14. The van der Waals surface area contributed by atoms with Gasteiger partial charge in [0.2, 0.25) is 5.91 Å². The highest BCUT2D eigenvalue weighted by Gasteiger charge is 2.21. The Balaban J connectivity index is 1.50. The third-order valence-electron chi connectivity index (χ3n) is 6.48. The number of carbonyl (C=O) groups excluding carboxylic acids is 3. The lowest BCUT2D eigenvalue weighted by Gasteiger charge is -2.18. The Morgan fingerprint density at radius 2 is 1.68 bits per heavy atom. The minimum atomic E-state index is -0.491. The number of benzene rings is 4. The van der Waals surface area contributed by atoms with E-state index in [4.69, 9.17) is 16.3 Å². The van der Waals surface area contributed by atoms with Crippen LogP contribution in [0.2, 0.25) is 5.02 Å². The van der Waals surface area contributed by atoms with Crippen molar-refractivity contribution in [3.05, 3.63) is 123 Å². The van der Waals surface area contributed by atoms with Crippen molar-refractivity contribution in [3.8, 4) is 5.75 Å². The van der Waals surface area contributed by atoms with Crippen LogP contribution < -0.4 is 20.7 Å². The highest BCUT2D eigenvalue weighted by Crippen LogP contribution is 2.33. The van der Waals surface area contributed by atoms with Crippen molar-refractivity contribution in [1.29, 1.82) is 0 Å². The van der Waals surface area contributed by atoms with Crippen molar-refractivity contribution in [2.24, 2.45) is 0 Å². The van der Waals surface area contributed by atoms with Crippen LogP contribution >= 0.6 is 39.3 Å². The van der Waals surface area contributed by atoms with E-state index >= 15 is 0 Å². The van der Waals surface area contributed by atoms with Crippen molar-refractivity contribution in [3.63, 3.8) is 0 Å². The Bertz CT molecular complexity index is 1680. The Labute approximate surface area is 274 Å². The van der Waals surface area contributed by atoms with E-state index in [9.17, 15) is 14.4 Å². The zero-order valence-corrected chi connectivity index (χ0v) is 27.5. The number of methoxy groups -OCH3 is 1. The number of carbonyl (C=O) groups is 3. The van der Waals surface area contributed by atoms with Crippen LogP contribution in [0, 0.1) is 6.92 Å². The number of aryl methyl sites for hydroxylation is 1. The fourth-order valence-corrected chi connectivity index (χ4v) is 5.57. The molecule has 0 heterocycles. The smallest absolute Gasteiger partial charge is 0.272 e. The van der Waals surface area contributed by atoms with Crippen LogP contribution in [0.25, 0.3) is 6.08 Å². The molecule has 4 rings (SSSR count). The van der Waals surface area contributed by atoms with Gasteiger partial charge in [-0.2, -0.15) is 0 Å². The summed E-state index contributed by atoms with van der Waals surface area (Å²) in [5.41, 5.74) is 3.12. The normalized spacial score (nSPS) is 11.8. The average Bonchev–Trinajstić information content (AvgIpc) is 3.02. The number of nitrogens with one attached hydrogen (secondary N) is 3. The number of hydrogen-bond donors (Lipinski definition) is 3. The zero-order valence-electron chi connectivity index (χ0n) is 24.3. The molecule has 0 saturated heterocycles. The molecular weight excluding hydrogens is 662 g/mol. The molecule has 226 valence electrons. The number of anilines is 2. The van der Waals surface area contributed by atoms with E-state index in [1.165, 1.54) is 18.9 Å². The van der Waals surface area contributed by atoms with Crippen molar-refractivity contribution in [2.45, 2.75) is 30.4 Å². The lowest BCUT2D eigenvalue weighted by atomic mass is 10.1. The van der Waals surface area contributed by atoms with E-state index < -0.39 is 17.1 Å². The van der Waals surface area contributed by atoms with Crippen LogP contribution in [0.4, 0.5) is 11.4 Å². The number of amides is 3. The molecular formula is C34H31BrClN3O4S.